The summed E-state index contributed by atoms with van der Waals surface area (Å²) in [4.78, 5) is 13.1. The molecular formula is C28H21NO3. The van der Waals surface area contributed by atoms with Gasteiger partial charge in [0.25, 0.3) is 5.91 Å². The normalized spacial score (nSPS) is 11.0. The van der Waals surface area contributed by atoms with E-state index in [1.807, 2.05) is 84.9 Å². The molecular weight excluding hydrogens is 398 g/mol. The van der Waals surface area contributed by atoms with Crippen molar-refractivity contribution in [2.75, 3.05) is 0 Å². The molecule has 0 heterocycles. The molecule has 5 aromatic rings. The molecule has 0 saturated carbocycles. The third-order valence-corrected chi connectivity index (χ3v) is 5.72. The van der Waals surface area contributed by atoms with Crippen molar-refractivity contribution in [1.82, 2.24) is 5.32 Å². The van der Waals surface area contributed by atoms with E-state index in [1.165, 1.54) is 0 Å². The molecule has 0 aliphatic rings. The van der Waals surface area contributed by atoms with Crippen LogP contribution < -0.4 is 5.32 Å². The zero-order valence-electron chi connectivity index (χ0n) is 17.2. The SMILES string of the molecule is O=C(NCc1ccccc1)c1cc2ccccc2c(-c2c(O)ccc3ccccc23)c1O. The molecule has 0 spiro atoms. The van der Waals surface area contributed by atoms with E-state index in [-0.39, 0.29) is 23.0 Å². The Labute approximate surface area is 185 Å². The average molecular weight is 419 g/mol. The van der Waals surface area contributed by atoms with E-state index in [0.717, 1.165) is 27.1 Å². The maximum atomic E-state index is 13.1. The van der Waals surface area contributed by atoms with Crippen LogP contribution in [0.5, 0.6) is 11.5 Å². The summed E-state index contributed by atoms with van der Waals surface area (Å²) in [5.41, 5.74) is 2.09. The average Bonchev–Trinajstić information content (AvgIpc) is 2.83. The smallest absolute Gasteiger partial charge is 0.255 e. The number of fused-ring (bicyclic) bond motifs is 2. The second kappa shape index (κ2) is 8.08. The van der Waals surface area contributed by atoms with Crippen molar-refractivity contribution in [2.24, 2.45) is 0 Å². The van der Waals surface area contributed by atoms with Gasteiger partial charge in [-0.1, -0.05) is 84.9 Å². The second-order valence-corrected chi connectivity index (χ2v) is 7.72. The molecule has 3 N–H and O–H groups in total. The van der Waals surface area contributed by atoms with Gasteiger partial charge < -0.3 is 15.5 Å². The van der Waals surface area contributed by atoms with Crippen LogP contribution in [0.1, 0.15) is 15.9 Å². The van der Waals surface area contributed by atoms with Crippen molar-refractivity contribution in [3.63, 3.8) is 0 Å². The van der Waals surface area contributed by atoms with Gasteiger partial charge in [-0.05, 0) is 39.2 Å². The molecule has 4 nitrogen and oxygen atoms in total. The van der Waals surface area contributed by atoms with Gasteiger partial charge in [-0.15, -0.1) is 0 Å². The van der Waals surface area contributed by atoms with Crippen LogP contribution in [0.3, 0.4) is 0 Å². The van der Waals surface area contributed by atoms with Crippen LogP contribution in [0.25, 0.3) is 32.7 Å². The Morgan fingerprint density at radius 1 is 0.688 bits per heavy atom. The minimum Gasteiger partial charge on any atom is -0.507 e. The molecule has 5 aromatic carbocycles. The molecule has 0 radical (unpaired) electrons. The Kier molecular flexibility index (Phi) is 4.96. The number of benzene rings is 5. The van der Waals surface area contributed by atoms with Crippen LogP contribution in [-0.4, -0.2) is 16.1 Å². The summed E-state index contributed by atoms with van der Waals surface area (Å²) in [5.74, 6) is -0.481. The highest BCUT2D eigenvalue weighted by atomic mass is 16.3. The highest BCUT2D eigenvalue weighted by molar-refractivity contribution is 6.13. The van der Waals surface area contributed by atoms with Gasteiger partial charge in [-0.3, -0.25) is 4.79 Å². The number of nitrogens with one attached hydrogen (secondary N) is 1. The Balaban J connectivity index is 1.70. The number of hydrogen-bond acceptors (Lipinski definition) is 3. The van der Waals surface area contributed by atoms with Crippen molar-refractivity contribution >= 4 is 27.5 Å². The second-order valence-electron chi connectivity index (χ2n) is 7.72. The molecule has 0 unspecified atom stereocenters. The predicted octanol–water partition coefficient (Wildman–Crippen LogP) is 6.00. The number of amides is 1. The van der Waals surface area contributed by atoms with Gasteiger partial charge in [0.15, 0.2) is 0 Å². The molecule has 0 aliphatic carbocycles. The topological polar surface area (TPSA) is 69.6 Å². The highest BCUT2D eigenvalue weighted by Crippen LogP contribution is 2.46. The Morgan fingerprint density at radius 2 is 1.31 bits per heavy atom. The maximum absolute atomic E-state index is 13.1. The Bertz CT molecular complexity index is 1460. The van der Waals surface area contributed by atoms with Gasteiger partial charge in [0.1, 0.15) is 11.5 Å². The van der Waals surface area contributed by atoms with Gasteiger partial charge in [0.05, 0.1) is 5.56 Å². The number of carbonyl (C=O) groups is 1. The van der Waals surface area contributed by atoms with Crippen molar-refractivity contribution in [3.8, 4) is 22.6 Å². The standard InChI is InChI=1S/C28H21NO3/c30-24-15-14-19-10-4-6-12-21(19)25(24)26-22-13-7-5-11-20(22)16-23(27(26)31)28(32)29-17-18-8-2-1-3-9-18/h1-16,30-31H,17H2,(H,29,32). The van der Waals surface area contributed by atoms with Crippen LogP contribution in [0, 0.1) is 0 Å². The molecule has 32 heavy (non-hydrogen) atoms. The number of aromatic hydroxyl groups is 2. The third kappa shape index (κ3) is 3.42. The number of phenols is 2. The fourth-order valence-corrected chi connectivity index (χ4v) is 4.16. The van der Waals surface area contributed by atoms with Crippen LogP contribution >= 0.6 is 0 Å². The number of carbonyl (C=O) groups excluding carboxylic acids is 1. The Morgan fingerprint density at radius 3 is 2.06 bits per heavy atom. The van der Waals surface area contributed by atoms with E-state index >= 15 is 0 Å². The molecule has 0 atom stereocenters. The first-order valence-electron chi connectivity index (χ1n) is 10.4. The monoisotopic (exact) mass is 419 g/mol. The van der Waals surface area contributed by atoms with Crippen LogP contribution in [0.15, 0.2) is 97.1 Å². The summed E-state index contributed by atoms with van der Waals surface area (Å²) in [7, 11) is 0. The van der Waals surface area contributed by atoms with E-state index in [9.17, 15) is 15.0 Å². The van der Waals surface area contributed by atoms with Crippen molar-refractivity contribution < 1.29 is 15.0 Å². The molecule has 0 saturated heterocycles. The number of rotatable bonds is 4. The molecule has 156 valence electrons. The summed E-state index contributed by atoms with van der Waals surface area (Å²) in [6.45, 7) is 0.348. The zero-order valence-corrected chi connectivity index (χ0v) is 17.2. The summed E-state index contributed by atoms with van der Waals surface area (Å²) in [6, 6.07) is 30.0. The predicted molar refractivity (Wildman–Crippen MR) is 128 cm³/mol. The summed E-state index contributed by atoms with van der Waals surface area (Å²) >= 11 is 0. The van der Waals surface area contributed by atoms with Gasteiger partial charge in [0.2, 0.25) is 0 Å². The van der Waals surface area contributed by atoms with E-state index < -0.39 is 0 Å². The summed E-state index contributed by atoms with van der Waals surface area (Å²) < 4.78 is 0. The first-order valence-corrected chi connectivity index (χ1v) is 10.4. The van der Waals surface area contributed by atoms with Crippen molar-refractivity contribution in [1.29, 1.82) is 0 Å². The van der Waals surface area contributed by atoms with Crippen LogP contribution in [0.4, 0.5) is 0 Å². The minimum absolute atomic E-state index is 0.0472. The molecule has 0 aromatic heterocycles. The molecule has 0 aliphatic heterocycles. The summed E-state index contributed by atoms with van der Waals surface area (Å²) in [5, 5.41) is 28.3. The largest absolute Gasteiger partial charge is 0.507 e. The van der Waals surface area contributed by atoms with Crippen LogP contribution in [-0.2, 0) is 6.54 Å². The van der Waals surface area contributed by atoms with Crippen molar-refractivity contribution in [3.05, 3.63) is 108 Å². The first-order chi connectivity index (χ1) is 15.6. The van der Waals surface area contributed by atoms with Crippen LogP contribution in [0.2, 0.25) is 0 Å². The van der Waals surface area contributed by atoms with Crippen molar-refractivity contribution in [2.45, 2.75) is 6.54 Å². The number of phenolic OH excluding ortho intramolecular Hbond substituents is 2. The number of hydrogen-bond donors (Lipinski definition) is 3. The van der Waals surface area contributed by atoms with Gasteiger partial charge in [-0.25, -0.2) is 0 Å². The minimum atomic E-state index is -0.377. The molecule has 0 bridgehead atoms. The fraction of sp³-hybridized carbons (Fsp3) is 0.0357. The van der Waals surface area contributed by atoms with E-state index in [4.69, 9.17) is 0 Å². The Hall–Kier alpha value is -4.31. The maximum Gasteiger partial charge on any atom is 0.255 e. The molecule has 0 fully saturated rings. The lowest BCUT2D eigenvalue weighted by molar-refractivity contribution is 0.0948. The first kappa shape index (κ1) is 19.6. The molecule has 4 heteroatoms. The lowest BCUT2D eigenvalue weighted by Crippen LogP contribution is -2.23. The summed E-state index contributed by atoms with van der Waals surface area (Å²) in [6.07, 6.45) is 0. The molecule has 1 amide bonds. The molecule has 5 rings (SSSR count). The lowest BCUT2D eigenvalue weighted by atomic mass is 9.90. The van der Waals surface area contributed by atoms with E-state index in [1.54, 1.807) is 12.1 Å². The van der Waals surface area contributed by atoms with Gasteiger partial charge in [0, 0.05) is 17.7 Å². The lowest BCUT2D eigenvalue weighted by Gasteiger charge is -2.17. The fourth-order valence-electron chi connectivity index (χ4n) is 4.16. The third-order valence-electron chi connectivity index (χ3n) is 5.72. The van der Waals surface area contributed by atoms with E-state index in [2.05, 4.69) is 5.32 Å². The van der Waals surface area contributed by atoms with Gasteiger partial charge >= 0.3 is 0 Å². The van der Waals surface area contributed by atoms with E-state index in [0.29, 0.717) is 17.7 Å². The van der Waals surface area contributed by atoms with Gasteiger partial charge in [-0.2, -0.15) is 0 Å². The zero-order chi connectivity index (χ0) is 22.1. The highest BCUT2D eigenvalue weighted by Gasteiger charge is 2.22. The quantitative estimate of drug-likeness (QED) is 0.335.